The van der Waals surface area contributed by atoms with Gasteiger partial charge in [-0.25, -0.2) is 0 Å². The van der Waals surface area contributed by atoms with E-state index in [0.717, 1.165) is 28.3 Å². The quantitative estimate of drug-likeness (QED) is 0.116. The highest BCUT2D eigenvalue weighted by molar-refractivity contribution is 6.26. The molecule has 13 aromatic rings. The summed E-state index contributed by atoms with van der Waals surface area (Å²) in [6.45, 7) is 4.43. The molecule has 294 valence electrons. The lowest BCUT2D eigenvalue weighted by molar-refractivity contribution is 1.18. The van der Waals surface area contributed by atoms with E-state index in [1.807, 2.05) is 6.08 Å². The van der Waals surface area contributed by atoms with Crippen molar-refractivity contribution < 1.29 is 0 Å². The number of hydrogen-bond acceptors (Lipinski definition) is 1. The minimum atomic E-state index is 0.971. The van der Waals surface area contributed by atoms with Crippen molar-refractivity contribution in [2.24, 2.45) is 0 Å². The van der Waals surface area contributed by atoms with Crippen LogP contribution in [0.3, 0.4) is 0 Å². The van der Waals surface area contributed by atoms with E-state index in [4.69, 9.17) is 0 Å². The Bertz CT molecular complexity index is 4010. The van der Waals surface area contributed by atoms with Gasteiger partial charge in [0.15, 0.2) is 0 Å². The summed E-state index contributed by atoms with van der Waals surface area (Å²) in [7, 11) is 0. The smallest absolute Gasteiger partial charge is 0.0620 e. The minimum Gasteiger partial charge on any atom is -0.310 e. The molecule has 10 aromatic carbocycles. The van der Waals surface area contributed by atoms with Crippen molar-refractivity contribution in [3.8, 4) is 5.69 Å². The van der Waals surface area contributed by atoms with Crippen LogP contribution in [-0.4, -0.2) is 8.97 Å². The summed E-state index contributed by atoms with van der Waals surface area (Å²) in [6.07, 6.45) is 8.54. The molecule has 0 aliphatic carbocycles. The first-order valence-corrected chi connectivity index (χ1v) is 21.6. The van der Waals surface area contributed by atoms with Gasteiger partial charge in [-0.15, -0.1) is 0 Å². The Morgan fingerprint density at radius 3 is 1.60 bits per heavy atom. The molecular formula is C60H39N3. The largest absolute Gasteiger partial charge is 0.310 e. The van der Waals surface area contributed by atoms with Gasteiger partial charge in [0.2, 0.25) is 0 Å². The van der Waals surface area contributed by atoms with Crippen LogP contribution in [0.15, 0.2) is 231 Å². The van der Waals surface area contributed by atoms with Crippen molar-refractivity contribution in [1.29, 1.82) is 0 Å². The molecular weight excluding hydrogens is 763 g/mol. The Hall–Kier alpha value is -8.40. The number of aromatic nitrogens is 2. The number of fused-ring (bicyclic) bond motifs is 15. The fraction of sp³-hybridized carbons (Fsp3) is 0. The Balaban J connectivity index is 0.994. The van der Waals surface area contributed by atoms with E-state index in [2.05, 4.69) is 239 Å². The van der Waals surface area contributed by atoms with Crippen LogP contribution in [0.2, 0.25) is 0 Å². The van der Waals surface area contributed by atoms with Gasteiger partial charge in [-0.05, 0) is 117 Å². The van der Waals surface area contributed by atoms with Crippen molar-refractivity contribution >= 4 is 110 Å². The second-order valence-corrected chi connectivity index (χ2v) is 16.5. The second-order valence-electron chi connectivity index (χ2n) is 16.5. The summed E-state index contributed by atoms with van der Waals surface area (Å²) in [5, 5.41) is 15.0. The molecule has 0 atom stereocenters. The van der Waals surface area contributed by atoms with Gasteiger partial charge in [0.1, 0.15) is 0 Å². The van der Waals surface area contributed by atoms with Crippen molar-refractivity contribution in [1.82, 2.24) is 8.97 Å². The third-order valence-electron chi connectivity index (χ3n) is 13.2. The van der Waals surface area contributed by atoms with Crippen LogP contribution in [0, 0.1) is 0 Å². The maximum Gasteiger partial charge on any atom is 0.0620 e. The lowest BCUT2D eigenvalue weighted by Crippen LogP contribution is -2.15. The highest BCUT2D eigenvalue weighted by atomic mass is 15.1. The highest BCUT2D eigenvalue weighted by Gasteiger charge is 2.21. The van der Waals surface area contributed by atoms with Gasteiger partial charge in [-0.1, -0.05) is 152 Å². The predicted octanol–water partition coefficient (Wildman–Crippen LogP) is 16.3. The zero-order valence-electron chi connectivity index (χ0n) is 34.4. The van der Waals surface area contributed by atoms with Gasteiger partial charge in [0, 0.05) is 55.1 Å². The molecule has 0 radical (unpaired) electrons. The molecule has 0 spiro atoms. The molecule has 63 heavy (non-hydrogen) atoms. The van der Waals surface area contributed by atoms with Crippen molar-refractivity contribution in [3.05, 3.63) is 236 Å². The molecule has 3 heterocycles. The standard InChI is InChI=1S/C60H39N3/c1-2-40(19-14-16-39-30-34-58-54(36-39)50-25-11-12-28-56(50)62(58)41-17-4-3-5-18-41)61(42-31-33-48-46-22-7-6-20-44(46)45-21-8-9-23-47(45)53(48)37-42)43-32-35-59-55(38-43)52-27-15-26-51-49-24-10-13-29-57(49)63(59)60(51)52/h2-38H,1H2/b16-14+,40-19+. The number of benzene rings is 10. The molecule has 0 aliphatic heterocycles. The number of anilines is 2. The summed E-state index contributed by atoms with van der Waals surface area (Å²) in [5.74, 6) is 0. The third kappa shape index (κ3) is 5.27. The van der Waals surface area contributed by atoms with E-state index < -0.39 is 0 Å². The molecule has 0 unspecified atom stereocenters. The topological polar surface area (TPSA) is 12.6 Å². The number of hydrogen-bond donors (Lipinski definition) is 0. The summed E-state index contributed by atoms with van der Waals surface area (Å²) < 4.78 is 4.80. The molecule has 0 N–H and O–H groups in total. The Morgan fingerprint density at radius 2 is 0.889 bits per heavy atom. The number of para-hydroxylation sites is 4. The monoisotopic (exact) mass is 801 g/mol. The van der Waals surface area contributed by atoms with Gasteiger partial charge in [0.05, 0.1) is 27.6 Å². The zero-order chi connectivity index (χ0) is 41.6. The highest BCUT2D eigenvalue weighted by Crippen LogP contribution is 2.43. The molecule has 13 rings (SSSR count). The second kappa shape index (κ2) is 13.8. The maximum absolute atomic E-state index is 4.43. The van der Waals surface area contributed by atoms with Gasteiger partial charge >= 0.3 is 0 Å². The van der Waals surface area contributed by atoms with Crippen molar-refractivity contribution in [2.75, 3.05) is 4.90 Å². The van der Waals surface area contributed by atoms with Crippen LogP contribution in [0.1, 0.15) is 5.56 Å². The molecule has 0 saturated heterocycles. The fourth-order valence-corrected chi connectivity index (χ4v) is 10.5. The first kappa shape index (κ1) is 35.4. The molecule has 0 amide bonds. The van der Waals surface area contributed by atoms with Crippen molar-refractivity contribution in [3.63, 3.8) is 0 Å². The Morgan fingerprint density at radius 1 is 0.397 bits per heavy atom. The first-order valence-electron chi connectivity index (χ1n) is 21.6. The summed E-state index contributed by atoms with van der Waals surface area (Å²) >= 11 is 0. The van der Waals surface area contributed by atoms with Crippen LogP contribution < -0.4 is 4.90 Å². The Kier molecular flexibility index (Phi) is 7.76. The maximum atomic E-state index is 4.43. The number of nitrogens with zero attached hydrogens (tertiary/aromatic N) is 3. The predicted molar refractivity (Wildman–Crippen MR) is 270 cm³/mol. The third-order valence-corrected chi connectivity index (χ3v) is 13.2. The van der Waals surface area contributed by atoms with E-state index in [0.29, 0.717) is 0 Å². The van der Waals surface area contributed by atoms with Crippen molar-refractivity contribution in [2.45, 2.75) is 0 Å². The average Bonchev–Trinajstić information content (AvgIpc) is 3.99. The minimum absolute atomic E-state index is 0.971. The molecule has 0 bridgehead atoms. The number of rotatable bonds is 7. The summed E-state index contributed by atoms with van der Waals surface area (Å²) in [5.41, 5.74) is 11.5. The van der Waals surface area contributed by atoms with E-state index in [-0.39, 0.29) is 0 Å². The SMILES string of the molecule is C=C/C(=C\C=C\c1ccc2c(c1)c1ccccc1n2-c1ccccc1)N(c1ccc2c3ccccc3c3ccccc3c2c1)c1ccc2c(c1)c1cccc3c4ccccc4n2c31. The van der Waals surface area contributed by atoms with Crippen LogP contribution in [0.25, 0.3) is 104 Å². The molecule has 0 fully saturated rings. The Labute approximate surface area is 363 Å². The molecule has 0 saturated carbocycles. The van der Waals surface area contributed by atoms with E-state index in [1.165, 1.54) is 92.2 Å². The van der Waals surface area contributed by atoms with E-state index in [9.17, 15) is 0 Å². The van der Waals surface area contributed by atoms with Crippen LogP contribution in [0.5, 0.6) is 0 Å². The normalized spacial score (nSPS) is 12.5. The molecule has 3 aromatic heterocycles. The first-order chi connectivity index (χ1) is 31.2. The van der Waals surface area contributed by atoms with Crippen LogP contribution in [0.4, 0.5) is 11.4 Å². The van der Waals surface area contributed by atoms with Gasteiger partial charge in [0.25, 0.3) is 0 Å². The zero-order valence-corrected chi connectivity index (χ0v) is 34.4. The summed E-state index contributed by atoms with van der Waals surface area (Å²) in [6, 6.07) is 73.0. The van der Waals surface area contributed by atoms with E-state index >= 15 is 0 Å². The fourth-order valence-electron chi connectivity index (χ4n) is 10.5. The van der Waals surface area contributed by atoms with Crippen LogP contribution in [-0.2, 0) is 0 Å². The molecule has 3 nitrogen and oxygen atoms in total. The lowest BCUT2D eigenvalue weighted by atomic mass is 9.94. The van der Waals surface area contributed by atoms with E-state index in [1.54, 1.807) is 0 Å². The van der Waals surface area contributed by atoms with Gasteiger partial charge in [-0.2, -0.15) is 0 Å². The molecule has 3 heteroatoms. The van der Waals surface area contributed by atoms with Gasteiger partial charge in [-0.3, -0.25) is 0 Å². The van der Waals surface area contributed by atoms with Gasteiger partial charge < -0.3 is 13.9 Å². The number of allylic oxidation sites excluding steroid dienone is 3. The van der Waals surface area contributed by atoms with Crippen LogP contribution >= 0.6 is 0 Å². The molecule has 0 aliphatic rings. The lowest BCUT2D eigenvalue weighted by Gasteiger charge is -2.27. The summed E-state index contributed by atoms with van der Waals surface area (Å²) in [4.78, 5) is 2.36. The average molecular weight is 802 g/mol.